The molecule has 2 aromatic carbocycles. The zero-order chi connectivity index (χ0) is 19.3. The van der Waals surface area contributed by atoms with Gasteiger partial charge in [0, 0.05) is 12.7 Å². The highest BCUT2D eigenvalue weighted by molar-refractivity contribution is 6.11. The molecule has 2 heterocycles. The predicted octanol–water partition coefficient (Wildman–Crippen LogP) is 3.61. The van der Waals surface area contributed by atoms with E-state index in [1.807, 2.05) is 57.2 Å². The summed E-state index contributed by atoms with van der Waals surface area (Å²) in [6, 6.07) is 13.5. The normalized spacial score (nSPS) is 19.5. The molecule has 1 unspecified atom stereocenters. The Bertz CT molecular complexity index is 955. The molecule has 0 spiro atoms. The van der Waals surface area contributed by atoms with E-state index in [9.17, 15) is 9.59 Å². The molecule has 3 amide bonds. The fraction of sp³-hybridized carbons (Fsp3) is 0.273. The zero-order valence-corrected chi connectivity index (χ0v) is 16.0. The first-order valence-electron chi connectivity index (χ1n) is 9.09. The van der Waals surface area contributed by atoms with Gasteiger partial charge in [0.25, 0.3) is 5.91 Å². The highest BCUT2D eigenvalue weighted by Gasteiger charge is 2.43. The van der Waals surface area contributed by atoms with Gasteiger partial charge in [0.05, 0.1) is 23.9 Å². The Kier molecular flexibility index (Phi) is 4.02. The van der Waals surface area contributed by atoms with Gasteiger partial charge in [0.1, 0.15) is 0 Å². The number of nitrogens with zero attached hydrogens (tertiary/aromatic N) is 2. The standard InChI is InChI=1S/C22H23N3O2/c1-13-5-7-16(8-6-13)20-19-18(24(4)22(27)23-20)12-25(21(19)26)17-10-14(2)9-15(3)11-17/h5-11,20H,12H2,1-4H3,(H,23,27). The maximum Gasteiger partial charge on any atom is 0.322 e. The van der Waals surface area contributed by atoms with Gasteiger partial charge in [-0.2, -0.15) is 0 Å². The van der Waals surface area contributed by atoms with Crippen LogP contribution in [0.5, 0.6) is 0 Å². The van der Waals surface area contributed by atoms with Gasteiger partial charge in [-0.05, 0) is 49.6 Å². The minimum Gasteiger partial charge on any atom is -0.327 e. The lowest BCUT2D eigenvalue weighted by atomic mass is 9.95. The average molecular weight is 361 g/mol. The van der Waals surface area contributed by atoms with Gasteiger partial charge in [-0.15, -0.1) is 0 Å². The van der Waals surface area contributed by atoms with Gasteiger partial charge in [-0.3, -0.25) is 9.69 Å². The van der Waals surface area contributed by atoms with Crippen molar-refractivity contribution in [1.82, 2.24) is 10.2 Å². The van der Waals surface area contributed by atoms with E-state index in [4.69, 9.17) is 0 Å². The van der Waals surface area contributed by atoms with Gasteiger partial charge in [0.2, 0.25) is 0 Å². The van der Waals surface area contributed by atoms with Crippen molar-refractivity contribution in [3.05, 3.63) is 76.0 Å². The Balaban J connectivity index is 1.77. The summed E-state index contributed by atoms with van der Waals surface area (Å²) in [6.45, 7) is 6.47. The van der Waals surface area contributed by atoms with Crippen LogP contribution in [0.4, 0.5) is 10.5 Å². The number of nitrogens with one attached hydrogen (secondary N) is 1. The van der Waals surface area contributed by atoms with Crippen LogP contribution in [0.15, 0.2) is 53.7 Å². The van der Waals surface area contributed by atoms with Gasteiger partial charge < -0.3 is 10.2 Å². The number of urea groups is 1. The maximum atomic E-state index is 13.4. The molecule has 2 aliphatic heterocycles. The number of hydrogen-bond acceptors (Lipinski definition) is 2. The van der Waals surface area contributed by atoms with Crippen LogP contribution in [0, 0.1) is 20.8 Å². The van der Waals surface area contributed by atoms with E-state index in [1.165, 1.54) is 0 Å². The first kappa shape index (κ1) is 17.3. The zero-order valence-electron chi connectivity index (χ0n) is 16.0. The summed E-state index contributed by atoms with van der Waals surface area (Å²) in [6.07, 6.45) is 0. The van der Waals surface area contributed by atoms with Crippen molar-refractivity contribution < 1.29 is 9.59 Å². The van der Waals surface area contributed by atoms with Crippen LogP contribution in [0.2, 0.25) is 0 Å². The van der Waals surface area contributed by atoms with Crippen LogP contribution < -0.4 is 10.2 Å². The van der Waals surface area contributed by atoms with Gasteiger partial charge in [-0.1, -0.05) is 35.9 Å². The molecule has 1 N–H and O–H groups in total. The molecule has 4 rings (SSSR count). The number of likely N-dealkylation sites (N-methyl/N-ethyl adjacent to an activating group) is 1. The Morgan fingerprint density at radius 3 is 2.19 bits per heavy atom. The summed E-state index contributed by atoms with van der Waals surface area (Å²) in [7, 11) is 1.72. The van der Waals surface area contributed by atoms with E-state index in [2.05, 4.69) is 11.4 Å². The van der Waals surface area contributed by atoms with E-state index >= 15 is 0 Å². The highest BCUT2D eigenvalue weighted by atomic mass is 16.2. The van der Waals surface area contributed by atoms with Crippen molar-refractivity contribution in [2.75, 3.05) is 18.5 Å². The predicted molar refractivity (Wildman–Crippen MR) is 106 cm³/mol. The van der Waals surface area contributed by atoms with Crippen molar-refractivity contribution >= 4 is 17.6 Å². The monoisotopic (exact) mass is 361 g/mol. The fourth-order valence-corrected chi connectivity index (χ4v) is 3.89. The van der Waals surface area contributed by atoms with E-state index < -0.39 is 6.04 Å². The average Bonchev–Trinajstić information content (AvgIpc) is 2.96. The quantitative estimate of drug-likeness (QED) is 0.888. The van der Waals surface area contributed by atoms with Crippen molar-refractivity contribution in [1.29, 1.82) is 0 Å². The van der Waals surface area contributed by atoms with Crippen LogP contribution in [-0.2, 0) is 4.79 Å². The summed E-state index contributed by atoms with van der Waals surface area (Å²) in [5, 5.41) is 2.98. The molecule has 0 aliphatic carbocycles. The van der Waals surface area contributed by atoms with Crippen molar-refractivity contribution in [2.24, 2.45) is 0 Å². The van der Waals surface area contributed by atoms with E-state index in [0.29, 0.717) is 12.1 Å². The van der Waals surface area contributed by atoms with Gasteiger partial charge >= 0.3 is 6.03 Å². The molecule has 5 nitrogen and oxygen atoms in total. The molecule has 2 aliphatic rings. The number of aryl methyl sites for hydroxylation is 3. The summed E-state index contributed by atoms with van der Waals surface area (Å²) in [5.41, 5.74) is 6.58. The smallest absolute Gasteiger partial charge is 0.322 e. The number of rotatable bonds is 2. The van der Waals surface area contributed by atoms with E-state index in [1.54, 1.807) is 16.8 Å². The second kappa shape index (κ2) is 6.27. The summed E-state index contributed by atoms with van der Waals surface area (Å²) in [5.74, 6) is -0.0487. The van der Waals surface area contributed by atoms with Crippen LogP contribution in [0.25, 0.3) is 0 Å². The third kappa shape index (κ3) is 2.89. The fourth-order valence-electron chi connectivity index (χ4n) is 3.89. The molecule has 2 aromatic rings. The first-order chi connectivity index (χ1) is 12.8. The molecular weight excluding hydrogens is 338 g/mol. The minimum absolute atomic E-state index is 0.0487. The number of benzene rings is 2. The molecule has 0 bridgehead atoms. The van der Waals surface area contributed by atoms with E-state index in [-0.39, 0.29) is 11.9 Å². The number of hydrogen-bond donors (Lipinski definition) is 1. The Morgan fingerprint density at radius 1 is 0.926 bits per heavy atom. The van der Waals surface area contributed by atoms with Crippen LogP contribution in [0.3, 0.4) is 0 Å². The molecule has 0 saturated carbocycles. The van der Waals surface area contributed by atoms with Crippen LogP contribution in [0.1, 0.15) is 28.3 Å². The minimum atomic E-state index is -0.423. The molecule has 27 heavy (non-hydrogen) atoms. The highest BCUT2D eigenvalue weighted by Crippen LogP contribution is 2.37. The van der Waals surface area contributed by atoms with Crippen LogP contribution in [-0.4, -0.2) is 30.4 Å². The second-order valence-corrected chi connectivity index (χ2v) is 7.45. The summed E-state index contributed by atoms with van der Waals surface area (Å²) in [4.78, 5) is 29.2. The number of carbonyl (C=O) groups is 2. The second-order valence-electron chi connectivity index (χ2n) is 7.45. The van der Waals surface area contributed by atoms with Crippen molar-refractivity contribution in [2.45, 2.75) is 26.8 Å². The largest absolute Gasteiger partial charge is 0.327 e. The number of amides is 3. The molecule has 138 valence electrons. The molecule has 0 radical (unpaired) electrons. The topological polar surface area (TPSA) is 52.7 Å². The molecule has 5 heteroatoms. The van der Waals surface area contributed by atoms with E-state index in [0.717, 1.165) is 33.6 Å². The summed E-state index contributed by atoms with van der Waals surface area (Å²) < 4.78 is 0. The van der Waals surface area contributed by atoms with Crippen molar-refractivity contribution in [3.63, 3.8) is 0 Å². The lowest BCUT2D eigenvalue weighted by Gasteiger charge is -2.31. The molecular formula is C22H23N3O2. The third-order valence-electron chi connectivity index (χ3n) is 5.29. The van der Waals surface area contributed by atoms with Gasteiger partial charge in [-0.25, -0.2) is 4.79 Å². The van der Waals surface area contributed by atoms with Crippen molar-refractivity contribution in [3.8, 4) is 0 Å². The lowest BCUT2D eigenvalue weighted by Crippen LogP contribution is -2.45. The molecule has 0 saturated heterocycles. The molecule has 0 aromatic heterocycles. The number of anilines is 1. The first-order valence-corrected chi connectivity index (χ1v) is 9.09. The Morgan fingerprint density at radius 2 is 1.56 bits per heavy atom. The molecule has 1 atom stereocenters. The summed E-state index contributed by atoms with van der Waals surface area (Å²) >= 11 is 0. The van der Waals surface area contributed by atoms with Crippen LogP contribution >= 0.6 is 0 Å². The Labute approximate surface area is 159 Å². The van der Waals surface area contributed by atoms with Gasteiger partial charge in [0.15, 0.2) is 0 Å². The third-order valence-corrected chi connectivity index (χ3v) is 5.29. The Hall–Kier alpha value is -3.08. The SMILES string of the molecule is Cc1ccc(C2NC(=O)N(C)C3=C2C(=O)N(c2cc(C)cc(C)c2)C3)cc1. The lowest BCUT2D eigenvalue weighted by molar-refractivity contribution is -0.114. The maximum absolute atomic E-state index is 13.4. The number of carbonyl (C=O) groups excluding carboxylic acids is 2. The molecule has 0 fully saturated rings.